The van der Waals surface area contributed by atoms with E-state index in [1.54, 1.807) is 0 Å². The Labute approximate surface area is 148 Å². The second-order valence-electron chi connectivity index (χ2n) is 7.09. The number of hydrogen-bond donors (Lipinski definition) is 0. The van der Waals surface area contributed by atoms with Gasteiger partial charge in [-0.3, -0.25) is 9.88 Å². The molecule has 4 rings (SSSR count). The van der Waals surface area contributed by atoms with Gasteiger partial charge in [0.25, 0.3) is 0 Å². The van der Waals surface area contributed by atoms with Crippen molar-refractivity contribution in [1.29, 1.82) is 0 Å². The molecule has 6 heteroatoms. The highest BCUT2D eigenvalue weighted by atomic mass is 16.5. The minimum atomic E-state index is 0.284. The smallest absolute Gasteiger partial charge is 0.225 e. The predicted molar refractivity (Wildman–Crippen MR) is 96.5 cm³/mol. The van der Waals surface area contributed by atoms with Crippen LogP contribution in [0.5, 0.6) is 0 Å². The lowest BCUT2D eigenvalue weighted by Gasteiger charge is -2.37. The van der Waals surface area contributed by atoms with Gasteiger partial charge >= 0.3 is 0 Å². The molecule has 0 aromatic carbocycles. The van der Waals surface area contributed by atoms with E-state index < -0.39 is 0 Å². The molecule has 132 valence electrons. The normalized spacial score (nSPS) is 23.7. The first-order valence-electron chi connectivity index (χ1n) is 8.99. The molecule has 2 atom stereocenters. The zero-order chi connectivity index (χ0) is 17.2. The van der Waals surface area contributed by atoms with Crippen molar-refractivity contribution in [2.45, 2.75) is 39.0 Å². The summed E-state index contributed by atoms with van der Waals surface area (Å²) in [5.74, 6) is 0.846. The Bertz CT molecular complexity index is 720. The number of nitrogens with zero attached hydrogens (tertiary/aromatic N) is 5. The number of anilines is 1. The number of aromatic nitrogens is 3. The molecule has 2 aromatic rings. The third-order valence-corrected chi connectivity index (χ3v) is 5.04. The van der Waals surface area contributed by atoms with Crippen LogP contribution in [0.4, 0.5) is 5.95 Å². The molecular weight excluding hydrogens is 314 g/mol. The van der Waals surface area contributed by atoms with Crippen molar-refractivity contribution in [3.8, 4) is 0 Å². The van der Waals surface area contributed by atoms with E-state index in [1.165, 1.54) is 0 Å². The second-order valence-corrected chi connectivity index (χ2v) is 7.09. The van der Waals surface area contributed by atoms with E-state index in [0.717, 1.165) is 55.5 Å². The van der Waals surface area contributed by atoms with Gasteiger partial charge in [0.15, 0.2) is 0 Å². The molecule has 0 unspecified atom stereocenters. The van der Waals surface area contributed by atoms with Gasteiger partial charge in [-0.1, -0.05) is 6.07 Å². The largest absolute Gasteiger partial charge is 0.371 e. The molecule has 0 amide bonds. The van der Waals surface area contributed by atoms with E-state index in [4.69, 9.17) is 4.74 Å². The van der Waals surface area contributed by atoms with Gasteiger partial charge in [0, 0.05) is 50.3 Å². The molecule has 0 N–H and O–H groups in total. The van der Waals surface area contributed by atoms with E-state index in [2.05, 4.69) is 24.8 Å². The predicted octanol–water partition coefficient (Wildman–Crippen LogP) is 1.97. The molecular formula is C19H25N5O. The van der Waals surface area contributed by atoms with Crippen molar-refractivity contribution in [1.82, 2.24) is 19.9 Å². The molecule has 0 spiro atoms. The summed E-state index contributed by atoms with van der Waals surface area (Å²) in [7, 11) is 0. The maximum absolute atomic E-state index is 6.14. The van der Waals surface area contributed by atoms with Crippen molar-refractivity contribution in [2.75, 3.05) is 31.1 Å². The highest BCUT2D eigenvalue weighted by Crippen LogP contribution is 2.26. The van der Waals surface area contributed by atoms with Crippen molar-refractivity contribution >= 4 is 5.95 Å². The number of fused-ring (bicyclic) bond motifs is 1. The molecule has 2 aliphatic heterocycles. The summed E-state index contributed by atoms with van der Waals surface area (Å²) >= 11 is 0. The monoisotopic (exact) mass is 339 g/mol. The van der Waals surface area contributed by atoms with Gasteiger partial charge < -0.3 is 9.64 Å². The van der Waals surface area contributed by atoms with Gasteiger partial charge in [0.1, 0.15) is 0 Å². The van der Waals surface area contributed by atoms with Gasteiger partial charge in [0.2, 0.25) is 5.95 Å². The molecule has 25 heavy (non-hydrogen) atoms. The van der Waals surface area contributed by atoms with Crippen LogP contribution in [-0.2, 0) is 11.3 Å². The van der Waals surface area contributed by atoms with E-state index in [1.807, 2.05) is 44.4 Å². The third kappa shape index (κ3) is 3.80. The minimum absolute atomic E-state index is 0.284. The second kappa shape index (κ2) is 7.06. The molecule has 0 aliphatic carbocycles. The highest BCUT2D eigenvalue weighted by Gasteiger charge is 2.37. The number of rotatable bonds is 4. The SMILES string of the molecule is Cc1cnc(N2CCN3C[C@H](OCc4cccc(C)n4)C[C@H]3C2)nc1. The lowest BCUT2D eigenvalue weighted by molar-refractivity contribution is 0.0450. The molecule has 4 heterocycles. The molecule has 2 aromatic heterocycles. The maximum Gasteiger partial charge on any atom is 0.225 e. The Kier molecular flexibility index (Phi) is 4.63. The molecule has 2 aliphatic rings. The average molecular weight is 339 g/mol. The molecule has 0 radical (unpaired) electrons. The van der Waals surface area contributed by atoms with E-state index in [9.17, 15) is 0 Å². The fraction of sp³-hybridized carbons (Fsp3) is 0.526. The van der Waals surface area contributed by atoms with Gasteiger partial charge in [0.05, 0.1) is 18.4 Å². The van der Waals surface area contributed by atoms with Crippen molar-refractivity contribution in [2.24, 2.45) is 0 Å². The fourth-order valence-corrected chi connectivity index (χ4v) is 3.73. The lowest BCUT2D eigenvalue weighted by atomic mass is 10.1. The van der Waals surface area contributed by atoms with Crippen LogP contribution in [0.25, 0.3) is 0 Å². The summed E-state index contributed by atoms with van der Waals surface area (Å²) in [6.45, 7) is 8.64. The summed E-state index contributed by atoms with van der Waals surface area (Å²) in [5, 5.41) is 0. The number of piperazine rings is 1. The third-order valence-electron chi connectivity index (χ3n) is 5.04. The fourth-order valence-electron chi connectivity index (χ4n) is 3.73. The maximum atomic E-state index is 6.14. The summed E-state index contributed by atoms with van der Waals surface area (Å²) in [4.78, 5) is 18.3. The number of aryl methyl sites for hydroxylation is 2. The van der Waals surface area contributed by atoms with E-state index >= 15 is 0 Å². The Balaban J connectivity index is 1.33. The topological polar surface area (TPSA) is 54.4 Å². The lowest BCUT2D eigenvalue weighted by Crippen LogP contribution is -2.50. The van der Waals surface area contributed by atoms with Crippen LogP contribution in [0.3, 0.4) is 0 Å². The van der Waals surface area contributed by atoms with Gasteiger partial charge in [-0.25, -0.2) is 9.97 Å². The Morgan fingerprint density at radius 2 is 1.96 bits per heavy atom. The first kappa shape index (κ1) is 16.4. The summed E-state index contributed by atoms with van der Waals surface area (Å²) < 4.78 is 6.14. The van der Waals surface area contributed by atoms with Crippen LogP contribution in [0, 0.1) is 13.8 Å². The van der Waals surface area contributed by atoms with Crippen molar-refractivity contribution in [3.05, 3.63) is 47.5 Å². The average Bonchev–Trinajstić information content (AvgIpc) is 3.03. The van der Waals surface area contributed by atoms with Gasteiger partial charge in [-0.05, 0) is 38.0 Å². The summed E-state index contributed by atoms with van der Waals surface area (Å²) in [6.07, 6.45) is 5.13. The zero-order valence-electron chi connectivity index (χ0n) is 14.9. The first-order chi connectivity index (χ1) is 12.2. The Morgan fingerprint density at radius 3 is 2.76 bits per heavy atom. The standard InChI is InChI=1S/C19H25N5O/c1-14-9-20-19(21-10-14)24-7-6-23-12-18(8-17(23)11-24)25-13-16-5-3-4-15(2)22-16/h3-5,9-10,17-18H,6-8,11-13H2,1-2H3/t17-,18+/m0/s1. The Morgan fingerprint density at radius 1 is 1.12 bits per heavy atom. The van der Waals surface area contributed by atoms with Crippen molar-refractivity contribution < 1.29 is 4.74 Å². The quantitative estimate of drug-likeness (QED) is 0.849. The van der Waals surface area contributed by atoms with Crippen molar-refractivity contribution in [3.63, 3.8) is 0 Å². The first-order valence-corrected chi connectivity index (χ1v) is 8.99. The van der Waals surface area contributed by atoms with Crippen LogP contribution < -0.4 is 4.90 Å². The molecule has 2 saturated heterocycles. The van der Waals surface area contributed by atoms with Crippen LogP contribution in [0.15, 0.2) is 30.6 Å². The Hall–Kier alpha value is -2.05. The van der Waals surface area contributed by atoms with Gasteiger partial charge in [-0.15, -0.1) is 0 Å². The van der Waals surface area contributed by atoms with Crippen LogP contribution in [0.2, 0.25) is 0 Å². The number of hydrogen-bond acceptors (Lipinski definition) is 6. The van der Waals surface area contributed by atoms with E-state index in [-0.39, 0.29) is 6.10 Å². The van der Waals surface area contributed by atoms with Crippen LogP contribution in [0.1, 0.15) is 23.4 Å². The zero-order valence-corrected chi connectivity index (χ0v) is 14.9. The van der Waals surface area contributed by atoms with Crippen LogP contribution in [-0.4, -0.2) is 58.2 Å². The van der Waals surface area contributed by atoms with Gasteiger partial charge in [-0.2, -0.15) is 0 Å². The molecule has 0 bridgehead atoms. The van der Waals surface area contributed by atoms with Crippen LogP contribution >= 0.6 is 0 Å². The minimum Gasteiger partial charge on any atom is -0.371 e. The van der Waals surface area contributed by atoms with E-state index in [0.29, 0.717) is 12.6 Å². The number of pyridine rings is 1. The highest BCUT2D eigenvalue weighted by molar-refractivity contribution is 5.31. The molecule has 0 saturated carbocycles. The number of ether oxygens (including phenoxy) is 1. The molecule has 6 nitrogen and oxygen atoms in total. The molecule has 2 fully saturated rings. The summed E-state index contributed by atoms with van der Waals surface area (Å²) in [6, 6.07) is 6.61. The summed E-state index contributed by atoms with van der Waals surface area (Å²) in [5.41, 5.74) is 3.15.